The van der Waals surface area contributed by atoms with Crippen LogP contribution in [0.3, 0.4) is 0 Å². The molecule has 4 aromatic heterocycles. The number of carbonyl (C=O) groups is 2. The molecular formula is C74H78F4GeN4O4S4. The molecule has 4 unspecified atom stereocenters. The number of fused-ring (bicyclic) bond motifs is 5. The van der Waals surface area contributed by atoms with E-state index in [9.17, 15) is 37.7 Å². The molecule has 91 heavy (non-hydrogen) atoms. The molecule has 0 fully saturated rings. The number of Topliss-reactive ketones (excluding diaryl/α,β-unsaturated/α-hetero) is 2. The zero-order valence-electron chi connectivity index (χ0n) is 53.3. The zero-order chi connectivity index (χ0) is 65.3. The first-order chi connectivity index (χ1) is 44.0. The number of rotatable bonds is 30. The van der Waals surface area contributed by atoms with E-state index in [1.165, 1.54) is 41.2 Å². The summed E-state index contributed by atoms with van der Waals surface area (Å²) in [5.41, 5.74) is -1.05. The Morgan fingerprint density at radius 2 is 0.846 bits per heavy atom. The van der Waals surface area contributed by atoms with Crippen LogP contribution in [0.25, 0.3) is 62.3 Å². The van der Waals surface area contributed by atoms with Gasteiger partial charge in [-0.25, -0.2) is 17.6 Å². The van der Waals surface area contributed by atoms with Crippen LogP contribution in [-0.2, 0) is 0 Å². The van der Waals surface area contributed by atoms with Crippen LogP contribution in [0.2, 0.25) is 10.5 Å². The van der Waals surface area contributed by atoms with Crippen LogP contribution < -0.4 is 18.3 Å². The van der Waals surface area contributed by atoms with Crippen molar-refractivity contribution in [2.24, 2.45) is 23.7 Å². The number of thiophene rings is 4. The van der Waals surface area contributed by atoms with Crippen LogP contribution in [0.4, 0.5) is 17.6 Å². The summed E-state index contributed by atoms with van der Waals surface area (Å²) in [5.74, 6) is -3.16. The van der Waals surface area contributed by atoms with E-state index < -0.39 is 59.5 Å². The van der Waals surface area contributed by atoms with Gasteiger partial charge in [-0.05, 0) is 0 Å². The Morgan fingerprint density at radius 3 is 1.16 bits per heavy atom. The quantitative estimate of drug-likeness (QED) is 0.0146. The van der Waals surface area contributed by atoms with Gasteiger partial charge in [0.1, 0.15) is 0 Å². The molecule has 9 rings (SSSR count). The number of ether oxygens (including phenoxy) is 2. The van der Waals surface area contributed by atoms with Crippen molar-refractivity contribution in [2.45, 2.75) is 169 Å². The molecular weight excluding hydrogens is 1290 g/mol. The number of hydrogen-bond donors (Lipinski definition) is 0. The van der Waals surface area contributed by atoms with Crippen LogP contribution in [0.5, 0.6) is 11.5 Å². The van der Waals surface area contributed by atoms with Gasteiger partial charge in [0.15, 0.2) is 0 Å². The van der Waals surface area contributed by atoms with E-state index >= 15 is 0 Å². The number of allylic oxidation sites excluding steroid dienone is 6. The summed E-state index contributed by atoms with van der Waals surface area (Å²) in [5, 5.41) is 22.6. The second-order valence-electron chi connectivity index (χ2n) is 24.5. The Balaban J connectivity index is 1.27. The fourth-order valence-electron chi connectivity index (χ4n) is 13.3. The van der Waals surface area contributed by atoms with Gasteiger partial charge >= 0.3 is 526 Å². The predicted octanol–water partition coefficient (Wildman–Crippen LogP) is 21.9. The summed E-state index contributed by atoms with van der Waals surface area (Å²) in [6.07, 6.45) is 20.1. The molecule has 3 aliphatic rings. The van der Waals surface area contributed by atoms with Crippen LogP contribution in [-0.4, -0.2) is 38.0 Å². The number of nitrogens with zero attached hydrogens (tertiary/aromatic N) is 4. The van der Waals surface area contributed by atoms with Crippen LogP contribution in [0.15, 0.2) is 71.1 Å². The van der Waals surface area contributed by atoms with Crippen molar-refractivity contribution in [2.75, 3.05) is 13.2 Å². The molecule has 0 saturated heterocycles. The SMILES string of the molecule is [C-]#[N+]/C(C#N)=C1\C(=C\c2cc(OCC(CC)CCCC)c(-c3c[c]4c(s3)-c3sc(-c5sc(/C=C6\C(=O)c7cc(F)c(F)cc7\C6=C(\C#N)[N+]#[C-])cc5OCC(CC)CCCC)c[c]3[Ge]4([CH2]C(CC)CCCC)[CH2]C(CC)CCCC)s2)C(=O)c2cc(F)c(F)cc21. The van der Waals surface area contributed by atoms with Crippen molar-refractivity contribution < 1.29 is 36.6 Å². The van der Waals surface area contributed by atoms with E-state index in [4.69, 9.17) is 22.6 Å². The maximum absolute atomic E-state index is 15.0. The molecule has 5 heterocycles. The maximum atomic E-state index is 15.0. The molecule has 2 aromatic carbocycles. The van der Waals surface area contributed by atoms with Gasteiger partial charge in [0.2, 0.25) is 0 Å². The number of carbonyl (C=O) groups excluding carboxylic acids is 2. The van der Waals surface area contributed by atoms with Crippen molar-refractivity contribution in [1.29, 1.82) is 10.5 Å². The molecule has 0 radical (unpaired) electrons. The molecule has 474 valence electrons. The third-order valence-electron chi connectivity index (χ3n) is 18.6. The average Bonchev–Trinajstić information content (AvgIpc) is 1.54. The van der Waals surface area contributed by atoms with Gasteiger partial charge in [0.25, 0.3) is 0 Å². The van der Waals surface area contributed by atoms with Gasteiger partial charge < -0.3 is 13.1 Å². The van der Waals surface area contributed by atoms with E-state index in [2.05, 4.69) is 77.2 Å². The monoisotopic (exact) mass is 1360 g/mol. The van der Waals surface area contributed by atoms with E-state index in [1.807, 2.05) is 24.3 Å². The van der Waals surface area contributed by atoms with E-state index in [0.717, 1.165) is 157 Å². The summed E-state index contributed by atoms with van der Waals surface area (Å²) >= 11 is 2.88. The van der Waals surface area contributed by atoms with Crippen molar-refractivity contribution in [1.82, 2.24) is 0 Å². The van der Waals surface area contributed by atoms with Gasteiger partial charge in [-0.1, -0.05) is 0 Å². The Labute approximate surface area is 553 Å². The second kappa shape index (κ2) is 30.9. The summed E-state index contributed by atoms with van der Waals surface area (Å²) in [6.45, 7) is 34.7. The van der Waals surface area contributed by atoms with Crippen molar-refractivity contribution in [3.05, 3.63) is 149 Å². The Hall–Kier alpha value is -6.64. The van der Waals surface area contributed by atoms with Gasteiger partial charge in [-0.2, -0.15) is 0 Å². The van der Waals surface area contributed by atoms with Crippen LogP contribution in [0, 0.1) is 82.7 Å². The van der Waals surface area contributed by atoms with Gasteiger partial charge in [-0.3, -0.25) is 0 Å². The molecule has 1 aliphatic heterocycles. The zero-order valence-corrected chi connectivity index (χ0v) is 58.7. The van der Waals surface area contributed by atoms with Crippen molar-refractivity contribution >= 4 is 102 Å². The topological polar surface area (TPSA) is 109 Å². The van der Waals surface area contributed by atoms with Gasteiger partial charge in [0, 0.05) is 0 Å². The van der Waals surface area contributed by atoms with E-state index in [-0.39, 0.29) is 56.4 Å². The minimum atomic E-state index is -3.56. The Morgan fingerprint density at radius 1 is 0.505 bits per heavy atom. The van der Waals surface area contributed by atoms with Crippen LogP contribution >= 0.6 is 45.3 Å². The number of nitriles is 2. The number of unbranched alkanes of at least 4 members (excludes halogenated alkanes) is 4. The van der Waals surface area contributed by atoms with E-state index in [1.54, 1.807) is 34.8 Å². The molecule has 0 saturated carbocycles. The molecule has 0 N–H and O–H groups in total. The first kappa shape index (κ1) is 68.7. The molecule has 8 nitrogen and oxygen atoms in total. The summed E-state index contributed by atoms with van der Waals surface area (Å²) < 4.78 is 76.5. The first-order valence-electron chi connectivity index (χ1n) is 32.4. The summed E-state index contributed by atoms with van der Waals surface area (Å²) in [4.78, 5) is 43.2. The Bertz CT molecular complexity index is 3770. The third-order valence-corrected chi connectivity index (χ3v) is 35.6. The fourth-order valence-corrected chi connectivity index (χ4v) is 34.5. The van der Waals surface area contributed by atoms with Gasteiger partial charge in [0.05, 0.1) is 0 Å². The molecule has 0 amide bonds. The van der Waals surface area contributed by atoms with Crippen LogP contribution in [0.1, 0.15) is 200 Å². The molecule has 2 aliphatic carbocycles. The summed E-state index contributed by atoms with van der Waals surface area (Å²) in [7, 11) is 0. The number of hydrogen-bond acceptors (Lipinski definition) is 10. The van der Waals surface area contributed by atoms with Crippen molar-refractivity contribution in [3.63, 3.8) is 0 Å². The summed E-state index contributed by atoms with van der Waals surface area (Å²) in [6, 6.07) is 16.1. The Kier molecular flexibility index (Phi) is 23.3. The predicted molar refractivity (Wildman–Crippen MR) is 369 cm³/mol. The minimum absolute atomic E-state index is 0.00403. The molecule has 6 aromatic rings. The van der Waals surface area contributed by atoms with E-state index in [0.29, 0.717) is 46.3 Å². The molecule has 17 heteroatoms. The standard InChI is InChI=1S/C74H78F4GeN4O4S4/c1-11-19-23-43(15-5)37-79(38-44(16-6)24-20-12-2)59-35-65(73-63(86-41-45(17-7)25-21-13-3)29-47(88-73)27-53-67(61(39-80)82-9)49-31-55(75)57(77)33-51(49)69(53)84)90-71(59)72-60(79)36-66(91-72)74-64(87-42-46(18-8)26-22-14-4)30-48(89-74)28-54-68(62(40-81)83-10)50-32-56(76)58(78)34-52(50)70(54)85/h27-36,43-46H,11-26,37-38,41-42H2,1-8H3/b53-27-,54-28-,67-61-,68-62+. The normalized spacial score (nSPS) is 18.1. The third kappa shape index (κ3) is 14.2. The first-order valence-corrected chi connectivity index (χ1v) is 40.7. The second-order valence-corrected chi connectivity index (χ2v) is 37.2. The molecule has 0 bridgehead atoms. The molecule has 4 atom stereocenters. The van der Waals surface area contributed by atoms with Crippen molar-refractivity contribution in [3.8, 4) is 52.9 Å². The number of ketones is 2. The van der Waals surface area contributed by atoms with Gasteiger partial charge in [-0.15, -0.1) is 0 Å². The fraction of sp³-hybridized carbons (Fsp3) is 0.432. The average molecular weight is 1360 g/mol. The number of halogens is 4. The number of benzene rings is 2. The molecule has 0 spiro atoms.